The Kier molecular flexibility index (Phi) is 13.1. The van der Waals surface area contributed by atoms with Gasteiger partial charge in [-0.25, -0.2) is 29.7 Å². The Labute approximate surface area is 158 Å². The summed E-state index contributed by atoms with van der Waals surface area (Å²) in [5, 5.41) is 0. The molecule has 0 bridgehead atoms. The molecular formula is C21H32Zr. The molecule has 1 heteroatoms. The molecule has 2 unspecified atom stereocenters. The van der Waals surface area contributed by atoms with Gasteiger partial charge in [0.1, 0.15) is 0 Å². The molecule has 0 N–H and O–H groups in total. The van der Waals surface area contributed by atoms with Gasteiger partial charge in [0.15, 0.2) is 0 Å². The van der Waals surface area contributed by atoms with Gasteiger partial charge in [-0.3, -0.25) is 0 Å². The fourth-order valence-corrected chi connectivity index (χ4v) is 3.26. The Balaban J connectivity index is 0. The SMILES string of the molecule is CCC[c-]1cccc1.C[C-]1CC(C)C2CC=CC=C12.[CH3-].[CH3-].[Zr+4]. The molecule has 2 atom stereocenters. The summed E-state index contributed by atoms with van der Waals surface area (Å²) in [5.74, 6) is 3.35. The fourth-order valence-electron chi connectivity index (χ4n) is 3.26. The molecule has 1 fully saturated rings. The zero-order valence-electron chi connectivity index (χ0n) is 15.0. The van der Waals surface area contributed by atoms with Gasteiger partial charge in [0.2, 0.25) is 0 Å². The number of aryl methyl sites for hydroxylation is 1. The van der Waals surface area contributed by atoms with Crippen LogP contribution < -0.4 is 0 Å². The Hall–Kier alpha value is -0.417. The Bertz CT molecular complexity index is 425. The molecule has 1 saturated carbocycles. The summed E-state index contributed by atoms with van der Waals surface area (Å²) in [6.45, 7) is 6.85. The Morgan fingerprint density at radius 2 is 1.82 bits per heavy atom. The van der Waals surface area contributed by atoms with Crippen LogP contribution in [0.5, 0.6) is 0 Å². The topological polar surface area (TPSA) is 0 Å². The molecule has 0 heterocycles. The molecule has 1 aromatic carbocycles. The van der Waals surface area contributed by atoms with E-state index >= 15 is 0 Å². The van der Waals surface area contributed by atoms with Crippen LogP contribution >= 0.6 is 0 Å². The van der Waals surface area contributed by atoms with E-state index in [0.717, 1.165) is 11.8 Å². The Morgan fingerprint density at radius 3 is 2.36 bits per heavy atom. The molecule has 0 aliphatic heterocycles. The van der Waals surface area contributed by atoms with Crippen molar-refractivity contribution < 1.29 is 26.2 Å². The second kappa shape index (κ2) is 12.1. The van der Waals surface area contributed by atoms with Gasteiger partial charge in [-0.1, -0.05) is 39.0 Å². The smallest absolute Gasteiger partial charge is 0.358 e. The molecule has 3 rings (SSSR count). The van der Waals surface area contributed by atoms with Crippen molar-refractivity contribution in [2.75, 3.05) is 0 Å². The van der Waals surface area contributed by atoms with Gasteiger partial charge in [-0.15, -0.1) is 19.1 Å². The second-order valence-electron chi connectivity index (χ2n) is 5.90. The van der Waals surface area contributed by atoms with Crippen LogP contribution in [0, 0.1) is 32.6 Å². The first-order valence-corrected chi connectivity index (χ1v) is 7.62. The van der Waals surface area contributed by atoms with E-state index in [-0.39, 0.29) is 41.1 Å². The first-order chi connectivity index (χ1) is 9.22. The van der Waals surface area contributed by atoms with E-state index in [9.17, 15) is 0 Å². The molecule has 0 radical (unpaired) electrons. The molecule has 0 nitrogen and oxygen atoms in total. The van der Waals surface area contributed by atoms with E-state index in [1.807, 2.05) is 0 Å². The van der Waals surface area contributed by atoms with Crippen molar-refractivity contribution in [1.29, 1.82) is 0 Å². The average molecular weight is 376 g/mol. The van der Waals surface area contributed by atoms with Gasteiger partial charge in [0.25, 0.3) is 0 Å². The summed E-state index contributed by atoms with van der Waals surface area (Å²) in [7, 11) is 0. The second-order valence-corrected chi connectivity index (χ2v) is 5.90. The van der Waals surface area contributed by atoms with Crippen LogP contribution in [0.25, 0.3) is 0 Å². The van der Waals surface area contributed by atoms with Crippen molar-refractivity contribution in [2.24, 2.45) is 11.8 Å². The molecule has 0 aromatic heterocycles. The summed E-state index contributed by atoms with van der Waals surface area (Å²) in [5.41, 5.74) is 3.09. The first kappa shape index (κ1) is 23.8. The van der Waals surface area contributed by atoms with E-state index in [0.29, 0.717) is 0 Å². The van der Waals surface area contributed by atoms with Crippen LogP contribution in [0.3, 0.4) is 0 Å². The van der Waals surface area contributed by atoms with Crippen molar-refractivity contribution in [1.82, 2.24) is 0 Å². The fraction of sp³-hybridized carbons (Fsp3) is 0.429. The van der Waals surface area contributed by atoms with Crippen molar-refractivity contribution >= 4 is 0 Å². The minimum absolute atomic E-state index is 0. The maximum atomic E-state index is 2.37. The van der Waals surface area contributed by atoms with Crippen LogP contribution in [0.4, 0.5) is 0 Å². The standard InChI is InChI=1S/C11H15.C8H11.2CH3.Zr/c1-8-7-9(2)11-6-4-3-5-10(8)11;1-2-5-8-6-3-4-7-8;;;/h3-5,9,11H,6-7H2,1-2H3;3-4,6-7H,2,5H2,1H3;2*1H3;/q4*-1;+4. The monoisotopic (exact) mass is 374 g/mol. The number of allylic oxidation sites excluding steroid dienone is 4. The molecule has 120 valence electrons. The molecule has 2 aliphatic rings. The van der Waals surface area contributed by atoms with Crippen molar-refractivity contribution in [3.05, 3.63) is 74.4 Å². The van der Waals surface area contributed by atoms with Crippen LogP contribution in [-0.4, -0.2) is 0 Å². The molecule has 0 spiro atoms. The summed E-state index contributed by atoms with van der Waals surface area (Å²) in [4.78, 5) is 0. The van der Waals surface area contributed by atoms with Gasteiger partial charge in [-0.2, -0.15) is 17.7 Å². The summed E-state index contributed by atoms with van der Waals surface area (Å²) < 4.78 is 0. The maximum absolute atomic E-state index is 2.37. The maximum Gasteiger partial charge on any atom is 4.00 e. The van der Waals surface area contributed by atoms with E-state index < -0.39 is 0 Å². The van der Waals surface area contributed by atoms with Crippen molar-refractivity contribution in [2.45, 2.75) is 46.5 Å². The van der Waals surface area contributed by atoms with Crippen LogP contribution in [-0.2, 0) is 32.6 Å². The molecule has 2 aliphatic carbocycles. The van der Waals surface area contributed by atoms with Crippen LogP contribution in [0.1, 0.15) is 45.6 Å². The summed E-state index contributed by atoms with van der Waals surface area (Å²) in [6.07, 6.45) is 11.9. The van der Waals surface area contributed by atoms with Gasteiger partial charge < -0.3 is 14.9 Å². The largest absolute Gasteiger partial charge is 4.00 e. The summed E-state index contributed by atoms with van der Waals surface area (Å²) in [6, 6.07) is 8.52. The molecule has 22 heavy (non-hydrogen) atoms. The van der Waals surface area contributed by atoms with Gasteiger partial charge in [-0.05, 0) is 12.3 Å². The number of hydrogen-bond donors (Lipinski definition) is 0. The van der Waals surface area contributed by atoms with Crippen molar-refractivity contribution in [3.63, 3.8) is 0 Å². The predicted octanol–water partition coefficient (Wildman–Crippen LogP) is 6.38. The van der Waals surface area contributed by atoms with Crippen LogP contribution in [0.2, 0.25) is 0 Å². The third-order valence-electron chi connectivity index (χ3n) is 4.28. The quantitative estimate of drug-likeness (QED) is 0.526. The summed E-state index contributed by atoms with van der Waals surface area (Å²) >= 11 is 0. The third-order valence-corrected chi connectivity index (χ3v) is 4.28. The van der Waals surface area contributed by atoms with Gasteiger partial charge >= 0.3 is 26.2 Å². The van der Waals surface area contributed by atoms with E-state index in [4.69, 9.17) is 0 Å². The number of hydrogen-bond acceptors (Lipinski definition) is 0. The number of fused-ring (bicyclic) bond motifs is 1. The molecule has 1 aromatic rings. The predicted molar refractivity (Wildman–Crippen MR) is 96.9 cm³/mol. The third kappa shape index (κ3) is 6.37. The normalized spacial score (nSPS) is 21.2. The molecular weight excluding hydrogens is 343 g/mol. The van der Waals surface area contributed by atoms with Gasteiger partial charge in [0.05, 0.1) is 0 Å². The van der Waals surface area contributed by atoms with Crippen LogP contribution in [0.15, 0.2) is 48.1 Å². The minimum atomic E-state index is 0. The average Bonchev–Trinajstić information content (AvgIpc) is 3.01. The zero-order chi connectivity index (χ0) is 13.7. The zero-order valence-corrected chi connectivity index (χ0v) is 17.5. The van der Waals surface area contributed by atoms with E-state index in [2.05, 4.69) is 63.3 Å². The molecule has 0 saturated heterocycles. The first-order valence-electron chi connectivity index (χ1n) is 7.62. The van der Waals surface area contributed by atoms with E-state index in [1.165, 1.54) is 31.2 Å². The van der Waals surface area contributed by atoms with Crippen molar-refractivity contribution in [3.8, 4) is 0 Å². The molecule has 0 amide bonds. The Morgan fingerprint density at radius 1 is 1.18 bits per heavy atom. The van der Waals surface area contributed by atoms with Gasteiger partial charge in [0, 0.05) is 0 Å². The minimum Gasteiger partial charge on any atom is -0.358 e. The van der Waals surface area contributed by atoms with E-state index in [1.54, 1.807) is 11.5 Å². The number of rotatable bonds is 2.